The van der Waals surface area contributed by atoms with Gasteiger partial charge in [0, 0.05) is 5.70 Å². The highest BCUT2D eigenvalue weighted by Crippen LogP contribution is 2.41. The fourth-order valence-electron chi connectivity index (χ4n) is 2.75. The molecule has 0 unspecified atom stereocenters. The number of carbonyl (C=O) groups excluding carboxylic acids is 2. The molecule has 0 bridgehead atoms. The summed E-state index contributed by atoms with van der Waals surface area (Å²) in [6.07, 6.45) is 0.0761. The Hall–Kier alpha value is -3.41. The van der Waals surface area contributed by atoms with Crippen LogP contribution in [0.15, 0.2) is 23.4 Å². The number of allylic oxidation sites excluding steroid dienone is 1. The third-order valence-corrected chi connectivity index (χ3v) is 3.96. The van der Waals surface area contributed by atoms with Crippen molar-refractivity contribution in [3.8, 4) is 23.3 Å². The summed E-state index contributed by atoms with van der Waals surface area (Å²) in [5.74, 6) is 0.529. The maximum absolute atomic E-state index is 12.5. The van der Waals surface area contributed by atoms with Gasteiger partial charge in [0.25, 0.3) is 0 Å². The molecule has 27 heavy (non-hydrogen) atoms. The molecule has 1 atom stereocenters. The van der Waals surface area contributed by atoms with Gasteiger partial charge in [-0.1, -0.05) is 0 Å². The maximum atomic E-state index is 12.5. The molecule has 0 aromatic heterocycles. The van der Waals surface area contributed by atoms with E-state index < -0.39 is 18.0 Å². The van der Waals surface area contributed by atoms with E-state index in [0.29, 0.717) is 28.5 Å². The second-order valence-corrected chi connectivity index (χ2v) is 5.57. The number of esters is 1. The van der Waals surface area contributed by atoms with Gasteiger partial charge in [0.2, 0.25) is 5.75 Å². The van der Waals surface area contributed by atoms with Gasteiger partial charge in [-0.25, -0.2) is 9.59 Å². The van der Waals surface area contributed by atoms with E-state index in [1.165, 1.54) is 21.3 Å². The number of hydrogen-bond acceptors (Lipinski definition) is 7. The SMILES string of the molecule is COc1cc([C@H]2NC(=O)NC(C)=C2C(=O)OCCC#N)cc(OC)c1OC. The van der Waals surface area contributed by atoms with Crippen LogP contribution in [0.25, 0.3) is 0 Å². The molecular formula is C18H21N3O6. The van der Waals surface area contributed by atoms with Crippen LogP contribution in [0.1, 0.15) is 24.9 Å². The number of hydrogen-bond donors (Lipinski definition) is 2. The van der Waals surface area contributed by atoms with Crippen LogP contribution in [0.4, 0.5) is 4.79 Å². The van der Waals surface area contributed by atoms with E-state index in [2.05, 4.69) is 10.6 Å². The summed E-state index contributed by atoms with van der Waals surface area (Å²) in [7, 11) is 4.43. The molecule has 2 N–H and O–H groups in total. The van der Waals surface area contributed by atoms with Crippen LogP contribution in [-0.2, 0) is 9.53 Å². The highest BCUT2D eigenvalue weighted by atomic mass is 16.5. The van der Waals surface area contributed by atoms with Gasteiger partial charge in [0.05, 0.1) is 45.4 Å². The predicted molar refractivity (Wildman–Crippen MR) is 94.4 cm³/mol. The normalized spacial score (nSPS) is 16.0. The van der Waals surface area contributed by atoms with Crippen molar-refractivity contribution in [2.45, 2.75) is 19.4 Å². The van der Waals surface area contributed by atoms with E-state index in [-0.39, 0.29) is 18.6 Å². The number of ether oxygens (including phenoxy) is 4. The number of benzene rings is 1. The van der Waals surface area contributed by atoms with Crippen LogP contribution >= 0.6 is 0 Å². The molecule has 0 saturated carbocycles. The topological polar surface area (TPSA) is 119 Å². The lowest BCUT2D eigenvalue weighted by atomic mass is 9.95. The monoisotopic (exact) mass is 375 g/mol. The molecule has 2 amide bonds. The molecule has 9 heteroatoms. The van der Waals surface area contributed by atoms with Crippen LogP contribution in [0.2, 0.25) is 0 Å². The lowest BCUT2D eigenvalue weighted by molar-refractivity contribution is -0.139. The summed E-state index contributed by atoms with van der Waals surface area (Å²) < 4.78 is 21.1. The molecule has 0 saturated heterocycles. The number of rotatable bonds is 7. The highest BCUT2D eigenvalue weighted by Gasteiger charge is 2.33. The summed E-state index contributed by atoms with van der Waals surface area (Å²) in [5, 5.41) is 13.9. The summed E-state index contributed by atoms with van der Waals surface area (Å²) in [4.78, 5) is 24.5. The first-order valence-electron chi connectivity index (χ1n) is 8.09. The number of nitriles is 1. The van der Waals surface area contributed by atoms with Crippen LogP contribution < -0.4 is 24.8 Å². The number of methoxy groups -OCH3 is 3. The number of carbonyl (C=O) groups is 2. The van der Waals surface area contributed by atoms with Crippen LogP contribution in [-0.4, -0.2) is 39.9 Å². The fraction of sp³-hybridized carbons (Fsp3) is 0.389. The molecule has 1 aliphatic rings. The Morgan fingerprint density at radius 2 is 1.81 bits per heavy atom. The molecule has 1 aromatic rings. The van der Waals surface area contributed by atoms with Gasteiger partial charge in [-0.2, -0.15) is 5.26 Å². The quantitative estimate of drug-likeness (QED) is 0.551. The Balaban J connectivity index is 2.50. The maximum Gasteiger partial charge on any atom is 0.338 e. The zero-order valence-electron chi connectivity index (χ0n) is 15.5. The van der Waals surface area contributed by atoms with Gasteiger partial charge in [-0.05, 0) is 24.6 Å². The Morgan fingerprint density at radius 1 is 1.19 bits per heavy atom. The third-order valence-electron chi connectivity index (χ3n) is 3.96. The first-order valence-corrected chi connectivity index (χ1v) is 8.09. The number of nitrogens with one attached hydrogen (secondary N) is 2. The number of nitrogens with zero attached hydrogens (tertiary/aromatic N) is 1. The Bertz CT molecular complexity index is 787. The summed E-state index contributed by atoms with van der Waals surface area (Å²) in [6, 6.07) is 3.95. The zero-order chi connectivity index (χ0) is 20.0. The lowest BCUT2D eigenvalue weighted by Crippen LogP contribution is -2.45. The smallest absolute Gasteiger partial charge is 0.338 e. The van der Waals surface area contributed by atoms with E-state index in [1.807, 2.05) is 6.07 Å². The lowest BCUT2D eigenvalue weighted by Gasteiger charge is -2.28. The molecule has 0 radical (unpaired) electrons. The molecular weight excluding hydrogens is 354 g/mol. The van der Waals surface area contributed by atoms with Gasteiger partial charge in [-0.15, -0.1) is 0 Å². The summed E-state index contributed by atoms with van der Waals surface area (Å²) in [6.45, 7) is 1.56. The average Bonchev–Trinajstić information content (AvgIpc) is 2.66. The fourth-order valence-corrected chi connectivity index (χ4v) is 2.75. The van der Waals surface area contributed by atoms with Gasteiger partial charge in [0.1, 0.15) is 6.61 Å². The Labute approximate surface area is 156 Å². The minimum absolute atomic E-state index is 0.0396. The van der Waals surface area contributed by atoms with Crippen molar-refractivity contribution in [1.29, 1.82) is 5.26 Å². The van der Waals surface area contributed by atoms with E-state index in [4.69, 9.17) is 24.2 Å². The van der Waals surface area contributed by atoms with Gasteiger partial charge >= 0.3 is 12.0 Å². The summed E-state index contributed by atoms with van der Waals surface area (Å²) >= 11 is 0. The average molecular weight is 375 g/mol. The zero-order valence-corrected chi connectivity index (χ0v) is 15.5. The van der Waals surface area contributed by atoms with Crippen molar-refractivity contribution in [2.24, 2.45) is 0 Å². The van der Waals surface area contributed by atoms with Gasteiger partial charge in [0.15, 0.2) is 11.5 Å². The standard InChI is InChI=1S/C18H21N3O6/c1-10-14(17(22)27-7-5-6-19)15(21-18(23)20-10)11-8-12(24-2)16(26-4)13(9-11)25-3/h8-9,15H,5,7H2,1-4H3,(H2,20,21,23)/t15-/m1/s1. The van der Waals surface area contributed by atoms with Crippen molar-refractivity contribution in [1.82, 2.24) is 10.6 Å². The molecule has 0 spiro atoms. The van der Waals surface area contributed by atoms with Crippen molar-refractivity contribution < 1.29 is 28.5 Å². The highest BCUT2D eigenvalue weighted by molar-refractivity contribution is 5.95. The predicted octanol–water partition coefficient (Wildman–Crippen LogP) is 1.80. The van der Waals surface area contributed by atoms with Crippen LogP contribution in [0, 0.1) is 11.3 Å². The number of urea groups is 1. The molecule has 0 aliphatic carbocycles. The molecule has 0 fully saturated rings. The van der Waals surface area contributed by atoms with Crippen LogP contribution in [0.3, 0.4) is 0 Å². The third kappa shape index (κ3) is 4.23. The van der Waals surface area contributed by atoms with Crippen LogP contribution in [0.5, 0.6) is 17.2 Å². The molecule has 2 rings (SSSR count). The van der Waals surface area contributed by atoms with E-state index in [9.17, 15) is 9.59 Å². The van der Waals surface area contributed by atoms with E-state index in [1.54, 1.807) is 19.1 Å². The van der Waals surface area contributed by atoms with Crippen molar-refractivity contribution >= 4 is 12.0 Å². The van der Waals surface area contributed by atoms with Gasteiger partial charge < -0.3 is 29.6 Å². The van der Waals surface area contributed by atoms with Crippen molar-refractivity contribution in [3.63, 3.8) is 0 Å². The van der Waals surface area contributed by atoms with E-state index in [0.717, 1.165) is 0 Å². The second kappa shape index (κ2) is 8.80. The molecule has 1 aromatic carbocycles. The molecule has 144 valence electrons. The largest absolute Gasteiger partial charge is 0.493 e. The minimum atomic E-state index is -0.790. The molecule has 9 nitrogen and oxygen atoms in total. The second-order valence-electron chi connectivity index (χ2n) is 5.57. The van der Waals surface area contributed by atoms with Gasteiger partial charge in [-0.3, -0.25) is 0 Å². The first-order chi connectivity index (χ1) is 13.0. The first kappa shape index (κ1) is 19.9. The van der Waals surface area contributed by atoms with Crippen molar-refractivity contribution in [3.05, 3.63) is 29.0 Å². The van der Waals surface area contributed by atoms with E-state index >= 15 is 0 Å². The number of amides is 2. The Kier molecular flexibility index (Phi) is 6.49. The molecule has 1 aliphatic heterocycles. The summed E-state index contributed by atoms with van der Waals surface area (Å²) in [5.41, 5.74) is 1.13. The Morgan fingerprint density at radius 3 is 2.33 bits per heavy atom. The van der Waals surface area contributed by atoms with Crippen molar-refractivity contribution in [2.75, 3.05) is 27.9 Å². The minimum Gasteiger partial charge on any atom is -0.493 e. The molecule has 1 heterocycles.